The fourth-order valence-electron chi connectivity index (χ4n) is 2.23. The van der Waals surface area contributed by atoms with Crippen LogP contribution in [0.2, 0.25) is 5.02 Å². The molecule has 0 unspecified atom stereocenters. The van der Waals surface area contributed by atoms with Crippen molar-refractivity contribution in [1.29, 1.82) is 0 Å². The van der Waals surface area contributed by atoms with E-state index < -0.39 is 11.9 Å². The summed E-state index contributed by atoms with van der Waals surface area (Å²) in [5, 5.41) is 9.17. The van der Waals surface area contributed by atoms with E-state index in [9.17, 15) is 9.18 Å². The third kappa shape index (κ3) is 3.54. The molecule has 1 N–H and O–H groups in total. The molecule has 2 rings (SSSR count). The zero-order chi connectivity index (χ0) is 14.8. The Morgan fingerprint density at radius 1 is 1.50 bits per heavy atom. The summed E-state index contributed by atoms with van der Waals surface area (Å²) in [6, 6.07) is 4.02. The van der Waals surface area contributed by atoms with Crippen LogP contribution < -0.4 is 4.74 Å². The van der Waals surface area contributed by atoms with E-state index in [4.69, 9.17) is 21.4 Å². The Balaban J connectivity index is 1.92. The highest BCUT2D eigenvalue weighted by molar-refractivity contribution is 6.32. The molecule has 1 aromatic carbocycles. The van der Waals surface area contributed by atoms with Crippen molar-refractivity contribution in [3.63, 3.8) is 0 Å². The Labute approximate surface area is 122 Å². The molecule has 0 saturated carbocycles. The van der Waals surface area contributed by atoms with Crippen molar-refractivity contribution < 1.29 is 19.0 Å². The van der Waals surface area contributed by atoms with Crippen LogP contribution >= 0.6 is 11.6 Å². The van der Waals surface area contributed by atoms with E-state index in [1.165, 1.54) is 23.1 Å². The molecule has 0 aliphatic carbocycles. The Kier molecular flexibility index (Phi) is 4.38. The molecule has 1 saturated heterocycles. The maximum atomic E-state index is 12.9. The maximum Gasteiger partial charge on any atom is 0.407 e. The van der Waals surface area contributed by atoms with Crippen molar-refractivity contribution in [3.8, 4) is 5.75 Å². The maximum absolute atomic E-state index is 12.9. The summed E-state index contributed by atoms with van der Waals surface area (Å²) in [4.78, 5) is 12.3. The predicted octanol–water partition coefficient (Wildman–Crippen LogP) is 3.64. The number of hydrogen-bond acceptors (Lipinski definition) is 2. The average molecular weight is 302 g/mol. The molecule has 1 aliphatic heterocycles. The van der Waals surface area contributed by atoms with Gasteiger partial charge in [-0.1, -0.05) is 18.5 Å². The lowest BCUT2D eigenvalue weighted by molar-refractivity contribution is 0.0656. The molecule has 1 aromatic rings. The van der Waals surface area contributed by atoms with Gasteiger partial charge in [0, 0.05) is 18.5 Å². The number of piperidine rings is 1. The standard InChI is InChI=1S/C14H17ClFNO3/c1-14(4-6-17(7-5-14)13(18)19)9-20-12-3-2-10(16)8-11(12)15/h2-3,8H,4-7,9H2,1H3,(H,18,19). The predicted molar refractivity (Wildman–Crippen MR) is 73.8 cm³/mol. The molecule has 0 aromatic heterocycles. The Bertz CT molecular complexity index is 501. The molecule has 6 heteroatoms. The highest BCUT2D eigenvalue weighted by Gasteiger charge is 2.32. The van der Waals surface area contributed by atoms with Crippen LogP contribution in [0.15, 0.2) is 18.2 Å². The molecule has 0 spiro atoms. The lowest BCUT2D eigenvalue weighted by atomic mass is 9.81. The van der Waals surface area contributed by atoms with Gasteiger partial charge >= 0.3 is 6.09 Å². The number of amides is 1. The van der Waals surface area contributed by atoms with E-state index in [1.807, 2.05) is 0 Å². The van der Waals surface area contributed by atoms with Gasteiger partial charge in [-0.05, 0) is 31.0 Å². The van der Waals surface area contributed by atoms with Crippen molar-refractivity contribution in [1.82, 2.24) is 4.90 Å². The number of ether oxygens (including phenoxy) is 1. The Hall–Kier alpha value is -1.49. The first-order valence-electron chi connectivity index (χ1n) is 6.45. The summed E-state index contributed by atoms with van der Waals surface area (Å²) in [5.41, 5.74) is -0.0936. The van der Waals surface area contributed by atoms with Gasteiger partial charge in [0.2, 0.25) is 0 Å². The van der Waals surface area contributed by atoms with Crippen molar-refractivity contribution >= 4 is 17.7 Å². The molecule has 20 heavy (non-hydrogen) atoms. The van der Waals surface area contributed by atoms with Gasteiger partial charge in [0.05, 0.1) is 11.6 Å². The molecule has 0 bridgehead atoms. The summed E-state index contributed by atoms with van der Waals surface area (Å²) in [6.07, 6.45) is 0.588. The first-order valence-corrected chi connectivity index (χ1v) is 6.83. The van der Waals surface area contributed by atoms with Gasteiger partial charge in [0.1, 0.15) is 11.6 Å². The van der Waals surface area contributed by atoms with Crippen LogP contribution in [0, 0.1) is 11.2 Å². The van der Waals surface area contributed by atoms with E-state index in [-0.39, 0.29) is 10.4 Å². The third-order valence-corrected chi connectivity index (χ3v) is 4.01. The number of carbonyl (C=O) groups is 1. The summed E-state index contributed by atoms with van der Waals surface area (Å²) >= 11 is 5.91. The molecule has 4 nitrogen and oxygen atoms in total. The van der Waals surface area contributed by atoms with Crippen LogP contribution in [0.25, 0.3) is 0 Å². The zero-order valence-corrected chi connectivity index (χ0v) is 12.0. The second-order valence-corrected chi connectivity index (χ2v) is 5.85. The van der Waals surface area contributed by atoms with Crippen molar-refractivity contribution in [2.24, 2.45) is 5.41 Å². The molecule has 1 aliphatic rings. The molecular formula is C14H17ClFNO3. The number of benzene rings is 1. The van der Waals surface area contributed by atoms with Crippen LogP contribution in [-0.2, 0) is 0 Å². The minimum absolute atomic E-state index is 0.0936. The summed E-state index contributed by atoms with van der Waals surface area (Å²) in [7, 11) is 0. The van der Waals surface area contributed by atoms with Crippen LogP contribution in [0.1, 0.15) is 19.8 Å². The molecule has 0 radical (unpaired) electrons. The van der Waals surface area contributed by atoms with Gasteiger partial charge in [0.25, 0.3) is 0 Å². The van der Waals surface area contributed by atoms with Crippen LogP contribution in [0.4, 0.5) is 9.18 Å². The van der Waals surface area contributed by atoms with Crippen molar-refractivity contribution in [2.75, 3.05) is 19.7 Å². The SMILES string of the molecule is CC1(COc2ccc(F)cc2Cl)CCN(C(=O)O)CC1. The van der Waals surface area contributed by atoms with E-state index in [1.54, 1.807) is 0 Å². The van der Waals surface area contributed by atoms with E-state index >= 15 is 0 Å². The fourth-order valence-corrected chi connectivity index (χ4v) is 2.45. The van der Waals surface area contributed by atoms with Gasteiger partial charge < -0.3 is 14.7 Å². The van der Waals surface area contributed by atoms with Gasteiger partial charge in [-0.15, -0.1) is 0 Å². The average Bonchev–Trinajstić information content (AvgIpc) is 2.38. The van der Waals surface area contributed by atoms with Crippen molar-refractivity contribution in [2.45, 2.75) is 19.8 Å². The molecule has 0 atom stereocenters. The van der Waals surface area contributed by atoms with E-state index in [2.05, 4.69) is 6.92 Å². The number of nitrogens with zero attached hydrogens (tertiary/aromatic N) is 1. The number of hydrogen-bond donors (Lipinski definition) is 1. The van der Waals surface area contributed by atoms with Gasteiger partial charge in [-0.2, -0.15) is 0 Å². The minimum Gasteiger partial charge on any atom is -0.491 e. The van der Waals surface area contributed by atoms with Gasteiger partial charge in [0.15, 0.2) is 0 Å². The minimum atomic E-state index is -0.880. The van der Waals surface area contributed by atoms with Gasteiger partial charge in [-0.25, -0.2) is 9.18 Å². The van der Waals surface area contributed by atoms with E-state index in [0.717, 1.165) is 12.8 Å². The third-order valence-electron chi connectivity index (χ3n) is 3.71. The molecule has 110 valence electrons. The fraction of sp³-hybridized carbons (Fsp3) is 0.500. The Morgan fingerprint density at radius 3 is 2.70 bits per heavy atom. The summed E-state index contributed by atoms with van der Waals surface area (Å²) < 4.78 is 18.6. The van der Waals surface area contributed by atoms with Crippen LogP contribution in [0.3, 0.4) is 0 Å². The zero-order valence-electron chi connectivity index (χ0n) is 11.2. The number of halogens is 2. The van der Waals surface area contributed by atoms with Gasteiger partial charge in [-0.3, -0.25) is 0 Å². The Morgan fingerprint density at radius 2 is 2.15 bits per heavy atom. The smallest absolute Gasteiger partial charge is 0.407 e. The molecular weight excluding hydrogens is 285 g/mol. The number of likely N-dealkylation sites (tertiary alicyclic amines) is 1. The summed E-state index contributed by atoms with van der Waals surface area (Å²) in [5.74, 6) is 0.0540. The second-order valence-electron chi connectivity index (χ2n) is 5.44. The van der Waals surface area contributed by atoms with Crippen LogP contribution in [0.5, 0.6) is 5.75 Å². The molecule has 1 amide bonds. The lowest BCUT2D eigenvalue weighted by Gasteiger charge is -2.37. The highest BCUT2D eigenvalue weighted by Crippen LogP contribution is 2.33. The highest BCUT2D eigenvalue weighted by atomic mass is 35.5. The normalized spacial score (nSPS) is 17.9. The first-order chi connectivity index (χ1) is 9.39. The number of rotatable bonds is 3. The molecule has 1 heterocycles. The first kappa shape index (κ1) is 14.9. The summed E-state index contributed by atoms with van der Waals surface area (Å²) in [6.45, 7) is 3.51. The van der Waals surface area contributed by atoms with Crippen LogP contribution in [-0.4, -0.2) is 35.8 Å². The number of carboxylic acid groups (broad SMARTS) is 1. The largest absolute Gasteiger partial charge is 0.491 e. The topological polar surface area (TPSA) is 49.8 Å². The quantitative estimate of drug-likeness (QED) is 0.927. The monoisotopic (exact) mass is 301 g/mol. The lowest BCUT2D eigenvalue weighted by Crippen LogP contribution is -2.43. The van der Waals surface area contributed by atoms with E-state index in [0.29, 0.717) is 25.4 Å². The second kappa shape index (κ2) is 5.87. The van der Waals surface area contributed by atoms with Crippen molar-refractivity contribution in [3.05, 3.63) is 29.0 Å². The molecule has 1 fully saturated rings.